The second-order valence-corrected chi connectivity index (χ2v) is 3.37. The zero-order valence-corrected chi connectivity index (χ0v) is 6.96. The largest absolute Gasteiger partial charge is 0.399 e. The van der Waals surface area contributed by atoms with Crippen molar-refractivity contribution in [3.05, 3.63) is 29.3 Å². The number of aryl methyl sites for hydroxylation is 1. The highest BCUT2D eigenvalue weighted by atomic mass is 16.3. The summed E-state index contributed by atoms with van der Waals surface area (Å²) in [6.07, 6.45) is 2.74. The molecule has 3 N–H and O–H groups in total. The third-order valence-corrected chi connectivity index (χ3v) is 2.45. The van der Waals surface area contributed by atoms with Gasteiger partial charge in [0.15, 0.2) is 0 Å². The summed E-state index contributed by atoms with van der Waals surface area (Å²) in [5.74, 6) is 0. The normalized spacial score (nSPS) is 21.9. The zero-order chi connectivity index (χ0) is 8.55. The summed E-state index contributed by atoms with van der Waals surface area (Å²) >= 11 is 0. The van der Waals surface area contributed by atoms with Gasteiger partial charge >= 0.3 is 0 Å². The van der Waals surface area contributed by atoms with Crippen molar-refractivity contribution in [2.45, 2.75) is 25.4 Å². The zero-order valence-electron chi connectivity index (χ0n) is 6.96. The molecule has 64 valence electrons. The Balaban J connectivity index is 2.46. The Morgan fingerprint density at radius 2 is 2.25 bits per heavy atom. The molecule has 0 saturated carbocycles. The van der Waals surface area contributed by atoms with Crippen LogP contribution in [-0.2, 0) is 6.42 Å². The fourth-order valence-corrected chi connectivity index (χ4v) is 1.81. The highest BCUT2D eigenvalue weighted by Gasteiger charge is 2.16. The van der Waals surface area contributed by atoms with E-state index in [1.54, 1.807) is 0 Å². The highest BCUT2D eigenvalue weighted by molar-refractivity contribution is 5.46. The molecule has 0 amide bonds. The van der Waals surface area contributed by atoms with Crippen LogP contribution in [-0.4, -0.2) is 5.11 Å². The average Bonchev–Trinajstić information content (AvgIpc) is 2.04. The lowest BCUT2D eigenvalue weighted by Gasteiger charge is -2.21. The molecule has 1 aliphatic rings. The van der Waals surface area contributed by atoms with Gasteiger partial charge in [-0.3, -0.25) is 0 Å². The van der Waals surface area contributed by atoms with Crippen molar-refractivity contribution in [1.29, 1.82) is 0 Å². The van der Waals surface area contributed by atoms with Crippen LogP contribution in [0.2, 0.25) is 0 Å². The fourth-order valence-electron chi connectivity index (χ4n) is 1.81. The highest BCUT2D eigenvalue weighted by Crippen LogP contribution is 2.30. The molecule has 2 heteroatoms. The van der Waals surface area contributed by atoms with E-state index in [2.05, 4.69) is 0 Å². The summed E-state index contributed by atoms with van der Waals surface area (Å²) in [7, 11) is 0. The topological polar surface area (TPSA) is 46.2 Å². The molecular formula is C10H13NO. The molecule has 2 rings (SSSR count). The standard InChI is InChI=1S/C10H13NO/c11-8-4-5-9-7(6-8)2-1-3-10(9)12/h4-6,10,12H,1-3,11H2/t10-/m1/s1. The summed E-state index contributed by atoms with van der Waals surface area (Å²) in [6.45, 7) is 0. The van der Waals surface area contributed by atoms with Crippen LogP contribution >= 0.6 is 0 Å². The molecule has 0 aromatic heterocycles. The molecule has 12 heavy (non-hydrogen) atoms. The second kappa shape index (κ2) is 2.79. The number of rotatable bonds is 0. The maximum Gasteiger partial charge on any atom is 0.0792 e. The van der Waals surface area contributed by atoms with Gasteiger partial charge in [0.05, 0.1) is 6.10 Å². The van der Waals surface area contributed by atoms with Crippen molar-refractivity contribution in [2.24, 2.45) is 0 Å². The van der Waals surface area contributed by atoms with E-state index >= 15 is 0 Å². The SMILES string of the molecule is Nc1ccc2c(c1)CCC[C@H]2O. The predicted octanol–water partition coefficient (Wildman–Crippen LogP) is 1.64. The number of fused-ring (bicyclic) bond motifs is 1. The molecule has 0 heterocycles. The van der Waals surface area contributed by atoms with Gasteiger partial charge in [0, 0.05) is 5.69 Å². The quantitative estimate of drug-likeness (QED) is 0.571. The van der Waals surface area contributed by atoms with Crippen LogP contribution in [0.5, 0.6) is 0 Å². The van der Waals surface area contributed by atoms with Crippen LogP contribution in [0.3, 0.4) is 0 Å². The van der Waals surface area contributed by atoms with E-state index in [4.69, 9.17) is 5.73 Å². The van der Waals surface area contributed by atoms with Gasteiger partial charge in [0.1, 0.15) is 0 Å². The van der Waals surface area contributed by atoms with Gasteiger partial charge < -0.3 is 10.8 Å². The Hall–Kier alpha value is -1.02. The molecule has 2 nitrogen and oxygen atoms in total. The molecule has 1 atom stereocenters. The van der Waals surface area contributed by atoms with Gasteiger partial charge in [0.2, 0.25) is 0 Å². The van der Waals surface area contributed by atoms with Crippen molar-refractivity contribution < 1.29 is 5.11 Å². The maximum absolute atomic E-state index is 9.61. The number of nitrogens with two attached hydrogens (primary N) is 1. The van der Waals surface area contributed by atoms with Crippen molar-refractivity contribution in [3.63, 3.8) is 0 Å². The first kappa shape index (κ1) is 7.62. The molecule has 0 radical (unpaired) electrons. The number of aliphatic hydroxyl groups excluding tert-OH is 1. The van der Waals surface area contributed by atoms with Crippen LogP contribution in [0.4, 0.5) is 5.69 Å². The van der Waals surface area contributed by atoms with E-state index in [1.165, 1.54) is 5.56 Å². The molecule has 0 aliphatic heterocycles. The van der Waals surface area contributed by atoms with E-state index < -0.39 is 0 Å². The Labute approximate surface area is 72.0 Å². The minimum Gasteiger partial charge on any atom is -0.399 e. The maximum atomic E-state index is 9.61. The average molecular weight is 163 g/mol. The van der Waals surface area contributed by atoms with Crippen molar-refractivity contribution in [1.82, 2.24) is 0 Å². The molecule has 0 fully saturated rings. The summed E-state index contributed by atoms with van der Waals surface area (Å²) in [5.41, 5.74) is 8.72. The number of hydrogen-bond donors (Lipinski definition) is 2. The summed E-state index contributed by atoms with van der Waals surface area (Å²) in [5, 5.41) is 9.61. The van der Waals surface area contributed by atoms with Crippen molar-refractivity contribution >= 4 is 5.69 Å². The first-order valence-corrected chi connectivity index (χ1v) is 4.34. The number of hydrogen-bond acceptors (Lipinski definition) is 2. The molecule has 0 bridgehead atoms. The van der Waals surface area contributed by atoms with Gasteiger partial charge in [-0.2, -0.15) is 0 Å². The Kier molecular flexibility index (Phi) is 1.77. The second-order valence-electron chi connectivity index (χ2n) is 3.37. The van der Waals surface area contributed by atoms with E-state index in [0.717, 1.165) is 30.5 Å². The van der Waals surface area contributed by atoms with Gasteiger partial charge in [0.25, 0.3) is 0 Å². The smallest absolute Gasteiger partial charge is 0.0792 e. The first-order chi connectivity index (χ1) is 5.77. The van der Waals surface area contributed by atoms with Crippen LogP contribution in [0, 0.1) is 0 Å². The van der Waals surface area contributed by atoms with Gasteiger partial charge in [-0.05, 0) is 42.5 Å². The first-order valence-electron chi connectivity index (χ1n) is 4.34. The lowest BCUT2D eigenvalue weighted by atomic mass is 9.89. The van der Waals surface area contributed by atoms with E-state index in [1.807, 2.05) is 18.2 Å². The molecular weight excluding hydrogens is 150 g/mol. The predicted molar refractivity (Wildman–Crippen MR) is 48.8 cm³/mol. The minimum atomic E-state index is -0.269. The summed E-state index contributed by atoms with van der Waals surface area (Å²) in [6, 6.07) is 5.76. The van der Waals surface area contributed by atoms with Crippen LogP contribution in [0.15, 0.2) is 18.2 Å². The Morgan fingerprint density at radius 3 is 3.08 bits per heavy atom. The molecule has 1 aliphatic carbocycles. The Bertz CT molecular complexity index is 296. The van der Waals surface area contributed by atoms with Crippen molar-refractivity contribution in [3.8, 4) is 0 Å². The third kappa shape index (κ3) is 1.18. The summed E-state index contributed by atoms with van der Waals surface area (Å²) < 4.78 is 0. The Morgan fingerprint density at radius 1 is 1.42 bits per heavy atom. The molecule has 1 aromatic carbocycles. The van der Waals surface area contributed by atoms with Crippen LogP contribution in [0.25, 0.3) is 0 Å². The molecule has 1 aromatic rings. The number of anilines is 1. The molecule has 0 saturated heterocycles. The minimum absolute atomic E-state index is 0.269. The van der Waals surface area contributed by atoms with Gasteiger partial charge in [-0.1, -0.05) is 6.07 Å². The van der Waals surface area contributed by atoms with Gasteiger partial charge in [-0.25, -0.2) is 0 Å². The lowest BCUT2D eigenvalue weighted by molar-refractivity contribution is 0.156. The molecule has 0 unspecified atom stereocenters. The number of nitrogen functional groups attached to an aromatic ring is 1. The van der Waals surface area contributed by atoms with Crippen LogP contribution < -0.4 is 5.73 Å². The third-order valence-electron chi connectivity index (χ3n) is 2.45. The molecule has 0 spiro atoms. The summed E-state index contributed by atoms with van der Waals surface area (Å²) in [4.78, 5) is 0. The van der Waals surface area contributed by atoms with E-state index in [-0.39, 0.29) is 6.10 Å². The number of benzene rings is 1. The van der Waals surface area contributed by atoms with Crippen LogP contribution in [0.1, 0.15) is 30.1 Å². The van der Waals surface area contributed by atoms with Gasteiger partial charge in [-0.15, -0.1) is 0 Å². The fraction of sp³-hybridized carbons (Fsp3) is 0.400. The van der Waals surface area contributed by atoms with E-state index in [0.29, 0.717) is 0 Å². The monoisotopic (exact) mass is 163 g/mol. The lowest BCUT2D eigenvalue weighted by Crippen LogP contribution is -2.09. The van der Waals surface area contributed by atoms with Crippen molar-refractivity contribution in [2.75, 3.05) is 5.73 Å². The number of aliphatic hydroxyl groups is 1. The van der Waals surface area contributed by atoms with E-state index in [9.17, 15) is 5.11 Å².